The standard InChI is InChI=1S/C9H7O2.Na/c10-7-6-9(11)8-4-2-1-3-5-8;/h1-5H,6H2;/q-1;+1. The third kappa shape index (κ3) is 3.30. The van der Waals surface area contributed by atoms with Gasteiger partial charge in [-0.25, -0.2) is 0 Å². The van der Waals surface area contributed by atoms with Gasteiger partial charge in [-0.3, -0.25) is 11.1 Å². The van der Waals surface area contributed by atoms with Gasteiger partial charge in [0.1, 0.15) is 5.78 Å². The van der Waals surface area contributed by atoms with E-state index in [-0.39, 0.29) is 41.8 Å². The summed E-state index contributed by atoms with van der Waals surface area (Å²) >= 11 is 0. The number of hydrogen-bond acceptors (Lipinski definition) is 2. The van der Waals surface area contributed by atoms with E-state index in [0.29, 0.717) is 5.56 Å². The normalized spacial score (nSPS) is 8.33. The number of carbonyl (C=O) groups is 1. The van der Waals surface area contributed by atoms with Gasteiger partial charge in [0.05, 0.1) is 0 Å². The molecule has 0 radical (unpaired) electrons. The Morgan fingerprint density at radius 2 is 1.83 bits per heavy atom. The predicted molar refractivity (Wildman–Crippen MR) is 41.1 cm³/mol. The molecule has 0 atom stereocenters. The van der Waals surface area contributed by atoms with Crippen molar-refractivity contribution in [2.45, 2.75) is 6.42 Å². The molecule has 0 aliphatic carbocycles. The summed E-state index contributed by atoms with van der Waals surface area (Å²) in [6.45, 7) is 0. The number of benzene rings is 1. The molecule has 0 N–H and O–H groups in total. The monoisotopic (exact) mass is 170 g/mol. The second kappa shape index (κ2) is 6.12. The van der Waals surface area contributed by atoms with Crippen molar-refractivity contribution in [3.05, 3.63) is 35.9 Å². The molecule has 0 aliphatic rings. The third-order valence-electron chi connectivity index (χ3n) is 1.33. The Hall–Kier alpha value is -0.440. The summed E-state index contributed by atoms with van der Waals surface area (Å²) in [6.07, 6.45) is 1.42. The van der Waals surface area contributed by atoms with Crippen LogP contribution in [0.4, 0.5) is 0 Å². The summed E-state index contributed by atoms with van der Waals surface area (Å²) in [5.41, 5.74) is 0.566. The minimum Gasteiger partial charge on any atom is -0.541 e. The fourth-order valence-electron chi connectivity index (χ4n) is 0.792. The van der Waals surface area contributed by atoms with Crippen molar-refractivity contribution in [1.82, 2.24) is 0 Å². The zero-order valence-electron chi connectivity index (χ0n) is 6.91. The summed E-state index contributed by atoms with van der Waals surface area (Å²) < 4.78 is 0. The van der Waals surface area contributed by atoms with Crippen molar-refractivity contribution in [1.29, 1.82) is 0 Å². The number of rotatable bonds is 3. The molecule has 0 fully saturated rings. The van der Waals surface area contributed by atoms with E-state index < -0.39 is 0 Å². The Bertz CT molecular complexity index is 256. The second-order valence-electron chi connectivity index (χ2n) is 2.11. The smallest absolute Gasteiger partial charge is 0.541 e. The largest absolute Gasteiger partial charge is 1.00 e. The van der Waals surface area contributed by atoms with Gasteiger partial charge in [0.25, 0.3) is 0 Å². The van der Waals surface area contributed by atoms with Gasteiger partial charge in [0.2, 0.25) is 0 Å². The van der Waals surface area contributed by atoms with Gasteiger partial charge in [-0.2, -0.15) is 0 Å². The number of carbonyl (C=O) groups excluding carboxylic acids is 2. The summed E-state index contributed by atoms with van der Waals surface area (Å²) in [4.78, 5) is 20.8. The van der Waals surface area contributed by atoms with Gasteiger partial charge in [-0.05, 0) is 0 Å². The predicted octanol–water partition coefficient (Wildman–Crippen LogP) is -1.63. The minimum atomic E-state index is -0.180. The van der Waals surface area contributed by atoms with E-state index in [4.69, 9.17) is 0 Å². The van der Waals surface area contributed by atoms with Crippen LogP contribution in [0.1, 0.15) is 16.8 Å². The molecular weight excluding hydrogens is 163 g/mol. The van der Waals surface area contributed by atoms with Crippen LogP contribution >= 0.6 is 0 Å². The number of hydrogen-bond donors (Lipinski definition) is 0. The molecule has 3 heteroatoms. The molecule has 1 aromatic rings. The van der Waals surface area contributed by atoms with E-state index in [1.54, 1.807) is 30.6 Å². The van der Waals surface area contributed by atoms with Gasteiger partial charge in [-0.15, -0.1) is 0 Å². The fourth-order valence-corrected chi connectivity index (χ4v) is 0.792. The van der Waals surface area contributed by atoms with Crippen LogP contribution in [-0.4, -0.2) is 12.1 Å². The average molecular weight is 170 g/mol. The zero-order valence-corrected chi connectivity index (χ0v) is 8.91. The topological polar surface area (TPSA) is 34.1 Å². The molecule has 0 heterocycles. The van der Waals surface area contributed by atoms with Gasteiger partial charge in [0.15, 0.2) is 0 Å². The van der Waals surface area contributed by atoms with Crippen LogP contribution in [0.25, 0.3) is 0 Å². The molecule has 0 aromatic heterocycles. The first-order valence-electron chi connectivity index (χ1n) is 3.28. The molecule has 1 aromatic carbocycles. The van der Waals surface area contributed by atoms with Crippen molar-refractivity contribution in [2.75, 3.05) is 0 Å². The van der Waals surface area contributed by atoms with E-state index >= 15 is 0 Å². The van der Waals surface area contributed by atoms with Gasteiger partial charge in [-0.1, -0.05) is 36.8 Å². The number of ketones is 1. The van der Waals surface area contributed by atoms with E-state index in [1.807, 2.05) is 6.07 Å². The average Bonchev–Trinajstić information content (AvgIpc) is 2.07. The van der Waals surface area contributed by atoms with Crippen molar-refractivity contribution in [3.63, 3.8) is 0 Å². The molecule has 0 amide bonds. The summed E-state index contributed by atoms with van der Waals surface area (Å²) in [5.74, 6) is -0.180. The van der Waals surface area contributed by atoms with Crippen LogP contribution in [0, 0.1) is 0 Å². The molecule has 0 unspecified atom stereocenters. The van der Waals surface area contributed by atoms with E-state index in [2.05, 4.69) is 0 Å². The summed E-state index contributed by atoms with van der Waals surface area (Å²) in [5, 5.41) is 0. The summed E-state index contributed by atoms with van der Waals surface area (Å²) in [7, 11) is 0. The maximum Gasteiger partial charge on any atom is 1.00 e. The molecule has 2 nitrogen and oxygen atoms in total. The first-order chi connectivity index (χ1) is 5.34. The SMILES string of the molecule is O=[C-]CC(=O)c1ccccc1.[Na+]. The first-order valence-corrected chi connectivity index (χ1v) is 3.28. The third-order valence-corrected chi connectivity index (χ3v) is 1.33. The van der Waals surface area contributed by atoms with E-state index in [1.165, 1.54) is 0 Å². The molecule has 12 heavy (non-hydrogen) atoms. The Kier molecular flexibility index (Phi) is 5.89. The van der Waals surface area contributed by atoms with Crippen LogP contribution in [0.3, 0.4) is 0 Å². The van der Waals surface area contributed by atoms with Crippen molar-refractivity contribution in [2.24, 2.45) is 0 Å². The molecule has 1 rings (SSSR count). The van der Waals surface area contributed by atoms with Crippen molar-refractivity contribution >= 4 is 12.1 Å². The molecule has 0 bridgehead atoms. The number of Topliss-reactive ketones (excluding diaryl/α,β-unsaturated/α-hetero) is 1. The van der Waals surface area contributed by atoms with Crippen LogP contribution < -0.4 is 29.6 Å². The molecule has 0 aliphatic heterocycles. The van der Waals surface area contributed by atoms with Crippen LogP contribution in [0.2, 0.25) is 0 Å². The summed E-state index contributed by atoms with van der Waals surface area (Å²) in [6, 6.07) is 8.71. The van der Waals surface area contributed by atoms with Crippen molar-refractivity contribution in [3.8, 4) is 0 Å². The molecule has 0 saturated carbocycles. The quantitative estimate of drug-likeness (QED) is 0.236. The molecule has 56 valence electrons. The second-order valence-corrected chi connectivity index (χ2v) is 2.11. The van der Waals surface area contributed by atoms with Gasteiger partial charge < -0.3 is 4.79 Å². The fraction of sp³-hybridized carbons (Fsp3) is 0.111. The minimum absolute atomic E-state index is 0. The Morgan fingerprint density at radius 3 is 2.33 bits per heavy atom. The van der Waals surface area contributed by atoms with Crippen LogP contribution in [0.5, 0.6) is 0 Å². The Balaban J connectivity index is 0.00000121. The van der Waals surface area contributed by atoms with Crippen molar-refractivity contribution < 1.29 is 39.1 Å². The molecule has 0 spiro atoms. The first kappa shape index (κ1) is 11.6. The maximum atomic E-state index is 11.0. The maximum absolute atomic E-state index is 11.0. The zero-order chi connectivity index (χ0) is 8.10. The molecular formula is C9H7NaO2. The Morgan fingerprint density at radius 1 is 1.25 bits per heavy atom. The van der Waals surface area contributed by atoms with E-state index in [0.717, 1.165) is 0 Å². The van der Waals surface area contributed by atoms with Crippen LogP contribution in [-0.2, 0) is 4.79 Å². The van der Waals surface area contributed by atoms with E-state index in [9.17, 15) is 9.59 Å². The Labute approximate surface area is 93.3 Å². The van der Waals surface area contributed by atoms with Gasteiger partial charge in [0, 0.05) is 5.56 Å². The molecule has 0 saturated heterocycles. The van der Waals surface area contributed by atoms with Crippen LogP contribution in [0.15, 0.2) is 30.3 Å². The van der Waals surface area contributed by atoms with Gasteiger partial charge >= 0.3 is 29.6 Å².